The Morgan fingerprint density at radius 3 is 2.76 bits per heavy atom. The molecule has 0 saturated carbocycles. The zero-order valence-corrected chi connectivity index (χ0v) is 15.3. The molecular weight excluding hydrogens is 336 g/mol. The Kier molecular flexibility index (Phi) is 5.61. The van der Waals surface area contributed by atoms with Gasteiger partial charge in [0.05, 0.1) is 19.2 Å². The summed E-state index contributed by atoms with van der Waals surface area (Å²) >= 11 is 5.94. The van der Waals surface area contributed by atoms with E-state index in [1.807, 2.05) is 60.5 Å². The monoisotopic (exact) mass is 358 g/mol. The molecule has 5 heteroatoms. The van der Waals surface area contributed by atoms with Crippen molar-refractivity contribution in [3.05, 3.63) is 64.7 Å². The molecule has 0 aliphatic carbocycles. The van der Waals surface area contributed by atoms with E-state index in [-0.39, 0.29) is 18.0 Å². The summed E-state index contributed by atoms with van der Waals surface area (Å²) in [5, 5.41) is 3.86. The second-order valence-electron chi connectivity index (χ2n) is 6.44. The third kappa shape index (κ3) is 4.33. The second-order valence-corrected chi connectivity index (χ2v) is 6.87. The van der Waals surface area contributed by atoms with Gasteiger partial charge in [-0.3, -0.25) is 9.69 Å². The van der Waals surface area contributed by atoms with Gasteiger partial charge < -0.3 is 10.1 Å². The highest BCUT2D eigenvalue weighted by molar-refractivity contribution is 6.30. The molecule has 2 aromatic rings. The number of amides is 1. The largest absolute Gasteiger partial charge is 0.493 e. The first-order valence-electron chi connectivity index (χ1n) is 8.51. The van der Waals surface area contributed by atoms with Crippen LogP contribution in [0.1, 0.15) is 36.6 Å². The summed E-state index contributed by atoms with van der Waals surface area (Å²) in [6.07, 6.45) is 0.791. The average Bonchev–Trinajstić information content (AvgIpc) is 2.62. The van der Waals surface area contributed by atoms with Crippen LogP contribution in [0.15, 0.2) is 48.5 Å². The van der Waals surface area contributed by atoms with Crippen molar-refractivity contribution in [1.82, 2.24) is 10.2 Å². The Labute approximate surface area is 153 Å². The number of hydrogen-bond acceptors (Lipinski definition) is 3. The van der Waals surface area contributed by atoms with Crippen LogP contribution >= 0.6 is 11.6 Å². The van der Waals surface area contributed by atoms with Gasteiger partial charge in [-0.05, 0) is 37.7 Å². The third-order valence-corrected chi connectivity index (χ3v) is 4.95. The van der Waals surface area contributed by atoms with E-state index < -0.39 is 0 Å². The van der Waals surface area contributed by atoms with Crippen LogP contribution in [0.4, 0.5) is 0 Å². The Morgan fingerprint density at radius 1 is 1.28 bits per heavy atom. The van der Waals surface area contributed by atoms with Gasteiger partial charge in [0.2, 0.25) is 5.91 Å². The van der Waals surface area contributed by atoms with Crippen LogP contribution in [0.3, 0.4) is 0 Å². The van der Waals surface area contributed by atoms with E-state index in [1.54, 1.807) is 0 Å². The normalized spacial score (nSPS) is 17.5. The molecular formula is C20H23ClN2O2. The standard InChI is InChI=1S/C20H23ClN2O2/c1-14(15-7-9-16(21)10-8-15)23(2)13-20(24)22-18-11-12-25-19-6-4-3-5-17(18)19/h3-10,14,18H,11-13H2,1-2H3,(H,22,24). The van der Waals surface area contributed by atoms with Crippen molar-refractivity contribution >= 4 is 17.5 Å². The van der Waals surface area contributed by atoms with Gasteiger partial charge in [0.15, 0.2) is 0 Å². The van der Waals surface area contributed by atoms with E-state index in [4.69, 9.17) is 16.3 Å². The fourth-order valence-electron chi connectivity index (χ4n) is 3.09. The predicted molar refractivity (Wildman–Crippen MR) is 99.9 cm³/mol. The van der Waals surface area contributed by atoms with Crippen molar-refractivity contribution in [2.24, 2.45) is 0 Å². The highest BCUT2D eigenvalue weighted by atomic mass is 35.5. The lowest BCUT2D eigenvalue weighted by Gasteiger charge is -2.29. The number of hydrogen-bond donors (Lipinski definition) is 1. The summed E-state index contributed by atoms with van der Waals surface area (Å²) in [6, 6.07) is 15.8. The average molecular weight is 359 g/mol. The molecule has 0 saturated heterocycles. The molecule has 0 aromatic heterocycles. The zero-order valence-electron chi connectivity index (χ0n) is 14.5. The van der Waals surface area contributed by atoms with Crippen LogP contribution in [-0.2, 0) is 4.79 Å². The van der Waals surface area contributed by atoms with E-state index in [0.717, 1.165) is 28.3 Å². The Bertz CT molecular complexity index is 733. The molecule has 2 atom stereocenters. The van der Waals surface area contributed by atoms with Gasteiger partial charge in [0.25, 0.3) is 0 Å². The van der Waals surface area contributed by atoms with Crippen LogP contribution in [0.2, 0.25) is 5.02 Å². The number of rotatable bonds is 5. The molecule has 0 spiro atoms. The second kappa shape index (κ2) is 7.89. The molecule has 0 radical (unpaired) electrons. The topological polar surface area (TPSA) is 41.6 Å². The maximum Gasteiger partial charge on any atom is 0.234 e. The maximum absolute atomic E-state index is 12.5. The van der Waals surface area contributed by atoms with Crippen LogP contribution in [0, 0.1) is 0 Å². The molecule has 1 aliphatic rings. The zero-order chi connectivity index (χ0) is 17.8. The van der Waals surface area contributed by atoms with Gasteiger partial charge in [0.1, 0.15) is 5.75 Å². The molecule has 25 heavy (non-hydrogen) atoms. The van der Waals surface area contributed by atoms with Crippen molar-refractivity contribution in [1.29, 1.82) is 0 Å². The summed E-state index contributed by atoms with van der Waals surface area (Å²) in [6.45, 7) is 3.04. The Hall–Kier alpha value is -2.04. The molecule has 1 N–H and O–H groups in total. The highest BCUT2D eigenvalue weighted by Crippen LogP contribution is 2.31. The third-order valence-electron chi connectivity index (χ3n) is 4.70. The summed E-state index contributed by atoms with van der Waals surface area (Å²) in [5.41, 5.74) is 2.19. The SMILES string of the molecule is CC(c1ccc(Cl)cc1)N(C)CC(=O)NC1CCOc2ccccc21. The van der Waals surface area contributed by atoms with Gasteiger partial charge in [-0.2, -0.15) is 0 Å². The fourth-order valence-corrected chi connectivity index (χ4v) is 3.22. The maximum atomic E-state index is 12.5. The molecule has 1 amide bonds. The number of nitrogens with zero attached hydrogens (tertiary/aromatic N) is 1. The van der Waals surface area contributed by atoms with E-state index in [2.05, 4.69) is 12.2 Å². The van der Waals surface area contributed by atoms with Crippen LogP contribution in [0.5, 0.6) is 5.75 Å². The smallest absolute Gasteiger partial charge is 0.234 e. The number of carbonyl (C=O) groups is 1. The van der Waals surface area contributed by atoms with Gasteiger partial charge in [-0.25, -0.2) is 0 Å². The minimum Gasteiger partial charge on any atom is -0.493 e. The minimum absolute atomic E-state index is 0.0108. The minimum atomic E-state index is 0.0108. The predicted octanol–water partition coefficient (Wildman–Crippen LogP) is 3.97. The summed E-state index contributed by atoms with van der Waals surface area (Å²) < 4.78 is 5.65. The lowest BCUT2D eigenvalue weighted by atomic mass is 10.0. The Balaban J connectivity index is 1.60. The lowest BCUT2D eigenvalue weighted by Crippen LogP contribution is -2.39. The van der Waals surface area contributed by atoms with Crippen LogP contribution in [-0.4, -0.2) is 31.0 Å². The van der Waals surface area contributed by atoms with Crippen molar-refractivity contribution in [3.8, 4) is 5.75 Å². The van der Waals surface area contributed by atoms with Crippen molar-refractivity contribution < 1.29 is 9.53 Å². The number of likely N-dealkylation sites (N-methyl/N-ethyl adjacent to an activating group) is 1. The molecule has 2 aromatic carbocycles. The molecule has 3 rings (SSSR count). The molecule has 0 bridgehead atoms. The number of nitrogens with one attached hydrogen (secondary N) is 1. The molecule has 1 aliphatic heterocycles. The quantitative estimate of drug-likeness (QED) is 0.879. The first kappa shape index (κ1) is 17.8. The number of halogens is 1. The molecule has 4 nitrogen and oxygen atoms in total. The highest BCUT2D eigenvalue weighted by Gasteiger charge is 2.23. The van der Waals surface area contributed by atoms with Gasteiger partial charge in [0, 0.05) is 23.0 Å². The molecule has 132 valence electrons. The van der Waals surface area contributed by atoms with Crippen molar-refractivity contribution in [2.75, 3.05) is 20.2 Å². The van der Waals surface area contributed by atoms with Gasteiger partial charge in [-0.15, -0.1) is 0 Å². The van der Waals surface area contributed by atoms with E-state index in [9.17, 15) is 4.79 Å². The Morgan fingerprint density at radius 2 is 2.00 bits per heavy atom. The summed E-state index contributed by atoms with van der Waals surface area (Å²) in [4.78, 5) is 14.5. The first-order valence-corrected chi connectivity index (χ1v) is 8.89. The molecule has 2 unspecified atom stereocenters. The van der Waals surface area contributed by atoms with Gasteiger partial charge in [-0.1, -0.05) is 41.9 Å². The van der Waals surface area contributed by atoms with E-state index in [1.165, 1.54) is 0 Å². The van der Waals surface area contributed by atoms with Crippen molar-refractivity contribution in [3.63, 3.8) is 0 Å². The van der Waals surface area contributed by atoms with Crippen LogP contribution < -0.4 is 10.1 Å². The number of ether oxygens (including phenoxy) is 1. The number of para-hydroxylation sites is 1. The summed E-state index contributed by atoms with van der Waals surface area (Å²) in [7, 11) is 1.96. The van der Waals surface area contributed by atoms with Gasteiger partial charge >= 0.3 is 0 Å². The van der Waals surface area contributed by atoms with Crippen LogP contribution in [0.25, 0.3) is 0 Å². The van der Waals surface area contributed by atoms with Crippen molar-refractivity contribution in [2.45, 2.75) is 25.4 Å². The summed E-state index contributed by atoms with van der Waals surface area (Å²) in [5.74, 6) is 0.881. The first-order chi connectivity index (χ1) is 12.0. The van der Waals surface area contributed by atoms with E-state index in [0.29, 0.717) is 13.2 Å². The molecule has 0 fully saturated rings. The number of carbonyl (C=O) groups excluding carboxylic acids is 1. The molecule has 1 heterocycles. The number of fused-ring (bicyclic) bond motifs is 1. The fraction of sp³-hybridized carbons (Fsp3) is 0.350. The number of benzene rings is 2. The lowest BCUT2D eigenvalue weighted by molar-refractivity contribution is -0.123. The van der Waals surface area contributed by atoms with E-state index >= 15 is 0 Å².